The molecule has 2 rings (SSSR count). The number of aromatic nitrogens is 1. The molecule has 1 aromatic carbocycles. The van der Waals surface area contributed by atoms with E-state index in [-0.39, 0.29) is 5.91 Å². The molecule has 2 N–H and O–H groups in total. The Hall–Kier alpha value is -2.36. The van der Waals surface area contributed by atoms with Gasteiger partial charge in [0.05, 0.1) is 0 Å². The maximum absolute atomic E-state index is 11.9. The number of nitrogen functional groups attached to an aromatic ring is 1. The van der Waals surface area contributed by atoms with Gasteiger partial charge in [0.25, 0.3) is 5.91 Å². The average Bonchev–Trinajstić information content (AvgIpc) is 2.38. The Labute approximate surface area is 106 Å². The van der Waals surface area contributed by atoms with Crippen LogP contribution in [0.1, 0.15) is 10.4 Å². The Kier molecular flexibility index (Phi) is 3.28. The van der Waals surface area contributed by atoms with E-state index in [1.54, 1.807) is 37.3 Å². The SMILES string of the molecule is CN(C)C(=O)c1cccc(-c2ccc(N)nc2)c1. The molecule has 0 spiro atoms. The van der Waals surface area contributed by atoms with Gasteiger partial charge < -0.3 is 10.6 Å². The highest BCUT2D eigenvalue weighted by Crippen LogP contribution is 2.20. The first kappa shape index (κ1) is 12.1. The number of pyridine rings is 1. The molecule has 0 aliphatic heterocycles. The van der Waals surface area contributed by atoms with Gasteiger partial charge in [0.1, 0.15) is 5.82 Å². The van der Waals surface area contributed by atoms with E-state index in [9.17, 15) is 4.79 Å². The van der Waals surface area contributed by atoms with Crippen LogP contribution >= 0.6 is 0 Å². The number of nitrogens with zero attached hydrogens (tertiary/aromatic N) is 2. The fourth-order valence-corrected chi connectivity index (χ4v) is 1.67. The Morgan fingerprint density at radius 3 is 2.56 bits per heavy atom. The van der Waals surface area contributed by atoms with E-state index in [2.05, 4.69) is 4.98 Å². The molecular weight excluding hydrogens is 226 g/mol. The third-order valence-electron chi connectivity index (χ3n) is 2.64. The van der Waals surface area contributed by atoms with E-state index in [0.29, 0.717) is 11.4 Å². The summed E-state index contributed by atoms with van der Waals surface area (Å²) in [7, 11) is 3.47. The van der Waals surface area contributed by atoms with Crippen molar-refractivity contribution < 1.29 is 4.79 Å². The smallest absolute Gasteiger partial charge is 0.253 e. The fraction of sp³-hybridized carbons (Fsp3) is 0.143. The van der Waals surface area contributed by atoms with E-state index >= 15 is 0 Å². The molecule has 0 aliphatic rings. The van der Waals surface area contributed by atoms with Gasteiger partial charge >= 0.3 is 0 Å². The molecular formula is C14H15N3O. The van der Waals surface area contributed by atoms with Crippen molar-refractivity contribution in [2.24, 2.45) is 0 Å². The summed E-state index contributed by atoms with van der Waals surface area (Å²) in [6.07, 6.45) is 1.70. The number of carbonyl (C=O) groups excluding carboxylic acids is 1. The average molecular weight is 241 g/mol. The van der Waals surface area contributed by atoms with Crippen molar-refractivity contribution in [3.05, 3.63) is 48.2 Å². The Bertz CT molecular complexity index is 562. The first-order valence-corrected chi connectivity index (χ1v) is 5.61. The third kappa shape index (κ3) is 2.48. The van der Waals surface area contributed by atoms with Gasteiger partial charge in [-0.2, -0.15) is 0 Å². The second-order valence-corrected chi connectivity index (χ2v) is 4.25. The zero-order valence-electron chi connectivity index (χ0n) is 10.4. The van der Waals surface area contributed by atoms with Crippen LogP contribution in [0.5, 0.6) is 0 Å². The predicted octanol–water partition coefficient (Wildman–Crippen LogP) is 2.03. The van der Waals surface area contributed by atoms with Gasteiger partial charge in [0.15, 0.2) is 0 Å². The summed E-state index contributed by atoms with van der Waals surface area (Å²) in [5.74, 6) is 0.472. The molecule has 0 fully saturated rings. The van der Waals surface area contributed by atoms with Crippen LogP contribution in [0.25, 0.3) is 11.1 Å². The van der Waals surface area contributed by atoms with Crippen molar-refractivity contribution in [3.63, 3.8) is 0 Å². The van der Waals surface area contributed by atoms with Crippen molar-refractivity contribution in [2.75, 3.05) is 19.8 Å². The number of hydrogen-bond donors (Lipinski definition) is 1. The summed E-state index contributed by atoms with van der Waals surface area (Å²) in [4.78, 5) is 17.5. The largest absolute Gasteiger partial charge is 0.384 e. The third-order valence-corrected chi connectivity index (χ3v) is 2.64. The molecule has 0 saturated heterocycles. The lowest BCUT2D eigenvalue weighted by molar-refractivity contribution is 0.0827. The maximum atomic E-state index is 11.9. The molecule has 0 bridgehead atoms. The maximum Gasteiger partial charge on any atom is 0.253 e. The molecule has 1 amide bonds. The van der Waals surface area contributed by atoms with E-state index < -0.39 is 0 Å². The number of nitrogens with two attached hydrogens (primary N) is 1. The number of benzene rings is 1. The summed E-state index contributed by atoms with van der Waals surface area (Å²) in [6.45, 7) is 0. The van der Waals surface area contributed by atoms with Crippen LogP contribution in [-0.4, -0.2) is 29.9 Å². The van der Waals surface area contributed by atoms with Gasteiger partial charge in [-0.15, -0.1) is 0 Å². The molecule has 1 aromatic heterocycles. The molecule has 4 nitrogen and oxygen atoms in total. The Balaban J connectivity index is 2.38. The van der Waals surface area contributed by atoms with Gasteiger partial charge in [-0.3, -0.25) is 4.79 Å². The monoisotopic (exact) mass is 241 g/mol. The molecule has 0 unspecified atom stereocenters. The molecule has 1 heterocycles. The van der Waals surface area contributed by atoms with Gasteiger partial charge in [0, 0.05) is 31.4 Å². The summed E-state index contributed by atoms with van der Waals surface area (Å²) >= 11 is 0. The molecule has 0 saturated carbocycles. The highest BCUT2D eigenvalue weighted by Gasteiger charge is 2.08. The first-order chi connectivity index (χ1) is 8.58. The lowest BCUT2D eigenvalue weighted by Gasteiger charge is -2.11. The number of hydrogen-bond acceptors (Lipinski definition) is 3. The molecule has 18 heavy (non-hydrogen) atoms. The minimum Gasteiger partial charge on any atom is -0.384 e. The molecule has 92 valence electrons. The standard InChI is InChI=1S/C14H15N3O/c1-17(2)14(18)11-5-3-4-10(8-11)12-6-7-13(15)16-9-12/h3-9H,1-2H3,(H2,15,16). The number of carbonyl (C=O) groups is 1. The normalized spacial score (nSPS) is 10.1. The predicted molar refractivity (Wildman–Crippen MR) is 72.1 cm³/mol. The summed E-state index contributed by atoms with van der Waals surface area (Å²) < 4.78 is 0. The lowest BCUT2D eigenvalue weighted by atomic mass is 10.0. The van der Waals surface area contributed by atoms with Crippen molar-refractivity contribution >= 4 is 11.7 Å². The van der Waals surface area contributed by atoms with Gasteiger partial charge in [0.2, 0.25) is 0 Å². The van der Waals surface area contributed by atoms with Crippen LogP contribution < -0.4 is 5.73 Å². The number of amides is 1. The zero-order valence-corrected chi connectivity index (χ0v) is 10.4. The molecule has 2 aromatic rings. The highest BCUT2D eigenvalue weighted by atomic mass is 16.2. The number of anilines is 1. The summed E-state index contributed by atoms with van der Waals surface area (Å²) in [6, 6.07) is 11.1. The Morgan fingerprint density at radius 2 is 1.94 bits per heavy atom. The van der Waals surface area contributed by atoms with E-state index in [1.165, 1.54) is 0 Å². The van der Waals surface area contributed by atoms with Crippen LogP contribution in [0.15, 0.2) is 42.6 Å². The summed E-state index contributed by atoms with van der Waals surface area (Å²) in [5.41, 5.74) is 8.11. The second kappa shape index (κ2) is 4.87. The topological polar surface area (TPSA) is 59.2 Å². The molecule has 4 heteroatoms. The van der Waals surface area contributed by atoms with Crippen LogP contribution in [0, 0.1) is 0 Å². The first-order valence-electron chi connectivity index (χ1n) is 5.61. The van der Waals surface area contributed by atoms with Crippen molar-refractivity contribution in [3.8, 4) is 11.1 Å². The molecule has 0 atom stereocenters. The van der Waals surface area contributed by atoms with Crippen molar-refractivity contribution in [1.29, 1.82) is 0 Å². The molecule has 0 radical (unpaired) electrons. The van der Waals surface area contributed by atoms with Crippen molar-refractivity contribution in [2.45, 2.75) is 0 Å². The molecule has 0 aliphatic carbocycles. The van der Waals surface area contributed by atoms with Gasteiger partial charge in [-0.05, 0) is 29.8 Å². The fourth-order valence-electron chi connectivity index (χ4n) is 1.67. The van der Waals surface area contributed by atoms with Crippen LogP contribution in [0.2, 0.25) is 0 Å². The van der Waals surface area contributed by atoms with Crippen LogP contribution in [0.3, 0.4) is 0 Å². The van der Waals surface area contributed by atoms with Crippen LogP contribution in [0.4, 0.5) is 5.82 Å². The zero-order chi connectivity index (χ0) is 13.1. The Morgan fingerprint density at radius 1 is 1.17 bits per heavy atom. The van der Waals surface area contributed by atoms with Crippen molar-refractivity contribution in [1.82, 2.24) is 9.88 Å². The van der Waals surface area contributed by atoms with Crippen LogP contribution in [-0.2, 0) is 0 Å². The van der Waals surface area contributed by atoms with Gasteiger partial charge in [-0.1, -0.05) is 12.1 Å². The van der Waals surface area contributed by atoms with E-state index in [4.69, 9.17) is 5.73 Å². The summed E-state index contributed by atoms with van der Waals surface area (Å²) in [5, 5.41) is 0. The quantitative estimate of drug-likeness (QED) is 0.875. The van der Waals surface area contributed by atoms with Gasteiger partial charge in [-0.25, -0.2) is 4.98 Å². The number of rotatable bonds is 2. The highest BCUT2D eigenvalue weighted by molar-refractivity contribution is 5.95. The van der Waals surface area contributed by atoms with E-state index in [1.807, 2.05) is 24.3 Å². The lowest BCUT2D eigenvalue weighted by Crippen LogP contribution is -2.21. The minimum absolute atomic E-state index is 0.0137. The second-order valence-electron chi connectivity index (χ2n) is 4.25. The minimum atomic E-state index is -0.0137. The van der Waals surface area contributed by atoms with E-state index in [0.717, 1.165) is 11.1 Å².